The van der Waals surface area contributed by atoms with Crippen LogP contribution in [0.3, 0.4) is 0 Å². The fourth-order valence-corrected chi connectivity index (χ4v) is 4.19. The lowest BCUT2D eigenvalue weighted by molar-refractivity contribution is 0.0527. The van der Waals surface area contributed by atoms with Gasteiger partial charge in [0.05, 0.1) is 0 Å². The standard InChI is InChI=1S/C18H28N/c1-4-9-16-14-15-10-7-8-11-17(15)19-18(16,12-5-2)13-6-3/h4-6,15-17H,1-3,7-14H2. The molecule has 3 unspecified atom stereocenters. The molecule has 1 aliphatic heterocycles. The van der Waals surface area contributed by atoms with Crippen molar-refractivity contribution in [2.75, 3.05) is 0 Å². The molecule has 0 bridgehead atoms. The average Bonchev–Trinajstić information content (AvgIpc) is 2.40. The average molecular weight is 258 g/mol. The fraction of sp³-hybridized carbons (Fsp3) is 0.667. The Morgan fingerprint density at radius 2 is 1.68 bits per heavy atom. The molecule has 3 atom stereocenters. The molecule has 1 heterocycles. The van der Waals surface area contributed by atoms with E-state index in [2.05, 4.69) is 25.8 Å². The van der Waals surface area contributed by atoms with E-state index in [9.17, 15) is 0 Å². The van der Waals surface area contributed by atoms with Gasteiger partial charge < -0.3 is 0 Å². The monoisotopic (exact) mass is 258 g/mol. The van der Waals surface area contributed by atoms with E-state index >= 15 is 0 Å². The summed E-state index contributed by atoms with van der Waals surface area (Å²) in [6, 6.07) is 0.592. The summed E-state index contributed by atoms with van der Waals surface area (Å²) in [6.45, 7) is 11.9. The highest BCUT2D eigenvalue weighted by molar-refractivity contribution is 5.09. The van der Waals surface area contributed by atoms with Crippen LogP contribution in [-0.2, 0) is 0 Å². The van der Waals surface area contributed by atoms with Crippen molar-refractivity contribution in [3.8, 4) is 0 Å². The molecule has 0 aromatic rings. The summed E-state index contributed by atoms with van der Waals surface area (Å²) in [5, 5.41) is 5.32. The van der Waals surface area contributed by atoms with Gasteiger partial charge >= 0.3 is 0 Å². The van der Waals surface area contributed by atoms with Crippen molar-refractivity contribution in [3.63, 3.8) is 0 Å². The summed E-state index contributed by atoms with van der Waals surface area (Å²) in [5.41, 5.74) is 0.0518. The van der Waals surface area contributed by atoms with Crippen molar-refractivity contribution < 1.29 is 0 Å². The van der Waals surface area contributed by atoms with Crippen LogP contribution in [0.25, 0.3) is 0 Å². The lowest BCUT2D eigenvalue weighted by Gasteiger charge is -2.51. The Morgan fingerprint density at radius 1 is 1.00 bits per heavy atom. The molecule has 1 aliphatic carbocycles. The van der Waals surface area contributed by atoms with Crippen molar-refractivity contribution in [2.24, 2.45) is 11.8 Å². The van der Waals surface area contributed by atoms with Gasteiger partial charge in [0, 0.05) is 11.6 Å². The molecule has 0 aromatic heterocycles. The van der Waals surface area contributed by atoms with E-state index < -0.39 is 0 Å². The Morgan fingerprint density at radius 3 is 2.32 bits per heavy atom. The lowest BCUT2D eigenvalue weighted by atomic mass is 9.64. The number of allylic oxidation sites excluding steroid dienone is 1. The lowest BCUT2D eigenvalue weighted by Crippen LogP contribution is -2.57. The molecule has 1 heteroatoms. The molecule has 0 aromatic carbocycles. The Bertz CT molecular complexity index is 321. The number of piperidine rings is 1. The highest BCUT2D eigenvalue weighted by Crippen LogP contribution is 2.45. The minimum absolute atomic E-state index is 0.0518. The van der Waals surface area contributed by atoms with Gasteiger partial charge in [0.1, 0.15) is 0 Å². The van der Waals surface area contributed by atoms with Crippen LogP contribution in [0.1, 0.15) is 51.4 Å². The van der Waals surface area contributed by atoms with E-state index in [1.165, 1.54) is 32.1 Å². The first-order chi connectivity index (χ1) is 9.25. The van der Waals surface area contributed by atoms with E-state index in [1.54, 1.807) is 0 Å². The largest absolute Gasteiger partial charge is 0.231 e. The maximum absolute atomic E-state index is 5.32. The van der Waals surface area contributed by atoms with Gasteiger partial charge in [-0.3, -0.25) is 0 Å². The van der Waals surface area contributed by atoms with Crippen molar-refractivity contribution in [3.05, 3.63) is 38.0 Å². The number of nitrogens with zero attached hydrogens (tertiary/aromatic N) is 1. The molecule has 2 rings (SSSR count). The summed E-state index contributed by atoms with van der Waals surface area (Å²) in [5.74, 6) is 1.45. The first kappa shape index (κ1) is 14.6. The van der Waals surface area contributed by atoms with Crippen molar-refractivity contribution in [1.82, 2.24) is 5.32 Å². The second-order valence-corrected chi connectivity index (χ2v) is 6.29. The Kier molecular flexibility index (Phi) is 5.04. The predicted molar refractivity (Wildman–Crippen MR) is 83.2 cm³/mol. The van der Waals surface area contributed by atoms with Crippen LogP contribution in [0.4, 0.5) is 0 Å². The van der Waals surface area contributed by atoms with Crippen LogP contribution in [0.5, 0.6) is 0 Å². The molecule has 2 fully saturated rings. The van der Waals surface area contributed by atoms with Gasteiger partial charge in [-0.2, -0.15) is 0 Å². The second kappa shape index (κ2) is 6.56. The third kappa shape index (κ3) is 3.02. The third-order valence-corrected chi connectivity index (χ3v) is 5.09. The van der Waals surface area contributed by atoms with E-state index in [1.807, 2.05) is 12.2 Å². The van der Waals surface area contributed by atoms with Crippen LogP contribution >= 0.6 is 0 Å². The molecule has 19 heavy (non-hydrogen) atoms. The SMILES string of the molecule is C=CCC1CC2CCCCC2[N]C1(CC=C)CC=C. The molecule has 1 radical (unpaired) electrons. The highest BCUT2D eigenvalue weighted by Gasteiger charge is 2.46. The van der Waals surface area contributed by atoms with Crippen LogP contribution in [0.2, 0.25) is 0 Å². The zero-order valence-electron chi connectivity index (χ0n) is 12.2. The minimum Gasteiger partial charge on any atom is -0.231 e. The highest BCUT2D eigenvalue weighted by atomic mass is 15.0. The first-order valence-electron chi connectivity index (χ1n) is 7.80. The quantitative estimate of drug-likeness (QED) is 0.616. The molecule has 2 aliphatic rings. The number of hydrogen-bond donors (Lipinski definition) is 0. The van der Waals surface area contributed by atoms with Crippen LogP contribution in [-0.4, -0.2) is 11.6 Å². The molecule has 0 spiro atoms. The topological polar surface area (TPSA) is 14.1 Å². The molecule has 105 valence electrons. The zero-order valence-corrected chi connectivity index (χ0v) is 12.2. The summed E-state index contributed by atoms with van der Waals surface area (Å²) < 4.78 is 0. The number of fused-ring (bicyclic) bond motifs is 1. The summed E-state index contributed by atoms with van der Waals surface area (Å²) >= 11 is 0. The van der Waals surface area contributed by atoms with Gasteiger partial charge in [0.2, 0.25) is 0 Å². The van der Waals surface area contributed by atoms with Gasteiger partial charge in [0.15, 0.2) is 0 Å². The molecule has 0 amide bonds. The second-order valence-electron chi connectivity index (χ2n) is 6.29. The fourth-order valence-electron chi connectivity index (χ4n) is 4.19. The van der Waals surface area contributed by atoms with Crippen LogP contribution < -0.4 is 5.32 Å². The smallest absolute Gasteiger partial charge is 0.0459 e. The zero-order chi connectivity index (χ0) is 13.7. The third-order valence-electron chi connectivity index (χ3n) is 5.09. The van der Waals surface area contributed by atoms with Gasteiger partial charge in [-0.15, -0.1) is 19.7 Å². The molecular weight excluding hydrogens is 230 g/mol. The van der Waals surface area contributed by atoms with Gasteiger partial charge in [-0.1, -0.05) is 31.1 Å². The normalized spacial score (nSPS) is 33.2. The summed E-state index contributed by atoms with van der Waals surface area (Å²) in [6.07, 6.45) is 16.0. The number of hydrogen-bond acceptors (Lipinski definition) is 0. The van der Waals surface area contributed by atoms with E-state index in [0.29, 0.717) is 12.0 Å². The Labute approximate surface area is 118 Å². The summed E-state index contributed by atoms with van der Waals surface area (Å²) in [4.78, 5) is 0. The predicted octanol–water partition coefficient (Wildman–Crippen LogP) is 4.64. The van der Waals surface area contributed by atoms with E-state index in [-0.39, 0.29) is 5.54 Å². The van der Waals surface area contributed by atoms with E-state index in [4.69, 9.17) is 5.32 Å². The molecule has 1 nitrogen and oxygen atoms in total. The first-order valence-corrected chi connectivity index (χ1v) is 7.80. The van der Waals surface area contributed by atoms with Crippen molar-refractivity contribution in [1.29, 1.82) is 0 Å². The molecule has 1 saturated heterocycles. The van der Waals surface area contributed by atoms with Crippen molar-refractivity contribution >= 4 is 0 Å². The molecule has 0 N–H and O–H groups in total. The van der Waals surface area contributed by atoms with Gasteiger partial charge in [-0.05, 0) is 50.4 Å². The van der Waals surface area contributed by atoms with Crippen LogP contribution in [0.15, 0.2) is 38.0 Å². The van der Waals surface area contributed by atoms with Crippen LogP contribution in [0, 0.1) is 11.8 Å². The Hall–Kier alpha value is -0.820. The maximum Gasteiger partial charge on any atom is 0.0459 e. The van der Waals surface area contributed by atoms with E-state index in [0.717, 1.165) is 25.2 Å². The minimum atomic E-state index is 0.0518. The van der Waals surface area contributed by atoms with Gasteiger partial charge in [0.25, 0.3) is 0 Å². The molecular formula is C18H28N. The van der Waals surface area contributed by atoms with Gasteiger partial charge in [-0.25, -0.2) is 5.32 Å². The maximum atomic E-state index is 5.32. The molecule has 1 saturated carbocycles. The van der Waals surface area contributed by atoms with Crippen molar-refractivity contribution in [2.45, 2.75) is 62.9 Å². The Balaban J connectivity index is 2.21. The summed E-state index contributed by atoms with van der Waals surface area (Å²) in [7, 11) is 0. The number of rotatable bonds is 6.